The van der Waals surface area contributed by atoms with E-state index in [-0.39, 0.29) is 23.1 Å². The van der Waals surface area contributed by atoms with Gasteiger partial charge in [-0.3, -0.25) is 9.59 Å². The van der Waals surface area contributed by atoms with Crippen LogP contribution in [0.5, 0.6) is 0 Å². The molecule has 0 bridgehead atoms. The molecule has 2 aliphatic carbocycles. The lowest BCUT2D eigenvalue weighted by molar-refractivity contribution is -0.147. The number of ether oxygens (including phenoxy) is 1. The third-order valence-corrected chi connectivity index (χ3v) is 2.87. The van der Waals surface area contributed by atoms with Gasteiger partial charge in [0.25, 0.3) is 0 Å². The molecule has 0 amide bonds. The Hall–Kier alpha value is -0.860. The van der Waals surface area contributed by atoms with Gasteiger partial charge in [0.15, 0.2) is 0 Å². The van der Waals surface area contributed by atoms with Gasteiger partial charge in [-0.2, -0.15) is 0 Å². The Bertz CT molecular complexity index is 233. The van der Waals surface area contributed by atoms with E-state index in [1.165, 1.54) is 7.11 Å². The van der Waals surface area contributed by atoms with Crippen LogP contribution in [0.2, 0.25) is 0 Å². The molecule has 2 unspecified atom stereocenters. The van der Waals surface area contributed by atoms with Gasteiger partial charge in [0.1, 0.15) is 5.78 Å². The zero-order valence-electron chi connectivity index (χ0n) is 6.42. The van der Waals surface area contributed by atoms with Crippen LogP contribution in [0.1, 0.15) is 19.3 Å². The van der Waals surface area contributed by atoms with Crippen LogP contribution < -0.4 is 0 Å². The molecule has 2 atom stereocenters. The molecule has 0 spiro atoms. The van der Waals surface area contributed by atoms with Gasteiger partial charge < -0.3 is 4.74 Å². The van der Waals surface area contributed by atoms with E-state index in [4.69, 9.17) is 0 Å². The third-order valence-electron chi connectivity index (χ3n) is 2.87. The number of carbonyl (C=O) groups excluding carboxylic acids is 2. The molecule has 0 aromatic carbocycles. The Morgan fingerprint density at radius 1 is 1.73 bits per heavy atom. The summed E-state index contributed by atoms with van der Waals surface area (Å²) < 4.78 is 4.64. The maximum Gasteiger partial charge on any atom is 0.312 e. The first-order chi connectivity index (χ1) is 5.20. The van der Waals surface area contributed by atoms with Crippen molar-refractivity contribution in [1.29, 1.82) is 0 Å². The molecule has 2 fully saturated rings. The topological polar surface area (TPSA) is 43.4 Å². The summed E-state index contributed by atoms with van der Waals surface area (Å²) in [7, 11) is 1.38. The number of hydrogen-bond acceptors (Lipinski definition) is 3. The quantitative estimate of drug-likeness (QED) is 0.517. The number of esters is 1. The van der Waals surface area contributed by atoms with Crippen LogP contribution in [-0.2, 0) is 14.3 Å². The largest absolute Gasteiger partial charge is 0.469 e. The molecule has 0 N–H and O–H groups in total. The van der Waals surface area contributed by atoms with Crippen molar-refractivity contribution in [2.24, 2.45) is 11.3 Å². The Morgan fingerprint density at radius 2 is 2.45 bits per heavy atom. The van der Waals surface area contributed by atoms with Crippen LogP contribution in [0, 0.1) is 11.3 Å². The first-order valence-electron chi connectivity index (χ1n) is 3.82. The summed E-state index contributed by atoms with van der Waals surface area (Å²) in [5, 5.41) is 0. The van der Waals surface area contributed by atoms with Crippen molar-refractivity contribution >= 4 is 11.8 Å². The smallest absolute Gasteiger partial charge is 0.312 e. The monoisotopic (exact) mass is 154 g/mol. The second-order valence-electron chi connectivity index (χ2n) is 3.37. The van der Waals surface area contributed by atoms with Gasteiger partial charge in [0.2, 0.25) is 0 Å². The van der Waals surface area contributed by atoms with Crippen molar-refractivity contribution < 1.29 is 14.3 Å². The van der Waals surface area contributed by atoms with Crippen LogP contribution >= 0.6 is 0 Å². The molecule has 0 heterocycles. The predicted octanol–water partition coefficient (Wildman–Crippen LogP) is 0.529. The fraction of sp³-hybridized carbons (Fsp3) is 0.750. The first kappa shape index (κ1) is 6.83. The number of ketones is 1. The number of rotatable bonds is 1. The van der Waals surface area contributed by atoms with Gasteiger partial charge in [0.05, 0.1) is 12.5 Å². The summed E-state index contributed by atoms with van der Waals surface area (Å²) in [5.74, 6) is 0.0682. The number of methoxy groups -OCH3 is 1. The van der Waals surface area contributed by atoms with Crippen molar-refractivity contribution in [3.63, 3.8) is 0 Å². The molecule has 0 radical (unpaired) electrons. The van der Waals surface area contributed by atoms with Crippen molar-refractivity contribution in [1.82, 2.24) is 0 Å². The van der Waals surface area contributed by atoms with Crippen molar-refractivity contribution in [2.45, 2.75) is 19.3 Å². The van der Waals surface area contributed by atoms with Gasteiger partial charge in [-0.05, 0) is 12.8 Å². The van der Waals surface area contributed by atoms with Crippen LogP contribution in [-0.4, -0.2) is 18.9 Å². The van der Waals surface area contributed by atoms with Crippen LogP contribution in [0.25, 0.3) is 0 Å². The van der Waals surface area contributed by atoms with Crippen molar-refractivity contribution in [3.8, 4) is 0 Å². The second kappa shape index (κ2) is 1.84. The first-order valence-corrected chi connectivity index (χ1v) is 3.82. The Labute approximate surface area is 64.7 Å². The Kier molecular flexibility index (Phi) is 1.14. The van der Waals surface area contributed by atoms with Crippen LogP contribution in [0.4, 0.5) is 0 Å². The number of carbonyl (C=O) groups is 2. The fourth-order valence-corrected chi connectivity index (χ4v) is 2.06. The second-order valence-corrected chi connectivity index (χ2v) is 3.37. The summed E-state index contributed by atoms with van der Waals surface area (Å²) >= 11 is 0. The highest BCUT2D eigenvalue weighted by atomic mass is 16.5. The molecule has 0 aliphatic heterocycles. The minimum Gasteiger partial charge on any atom is -0.469 e. The highest BCUT2D eigenvalue weighted by Gasteiger charge is 2.67. The number of Topliss-reactive ketones (excluding diaryl/α,β-unsaturated/α-hetero) is 1. The average molecular weight is 154 g/mol. The van der Waals surface area contributed by atoms with E-state index in [0.717, 1.165) is 6.42 Å². The van der Waals surface area contributed by atoms with Crippen molar-refractivity contribution in [2.75, 3.05) is 7.11 Å². The molecule has 2 rings (SSSR count). The summed E-state index contributed by atoms with van der Waals surface area (Å²) in [5.41, 5.74) is -0.369. The lowest BCUT2D eigenvalue weighted by Crippen LogP contribution is -2.16. The van der Waals surface area contributed by atoms with E-state index < -0.39 is 0 Å². The zero-order valence-corrected chi connectivity index (χ0v) is 6.42. The lowest BCUT2D eigenvalue weighted by atomic mass is 10.1. The highest BCUT2D eigenvalue weighted by Crippen LogP contribution is 2.62. The van der Waals surface area contributed by atoms with Gasteiger partial charge in [0, 0.05) is 12.3 Å². The molecule has 11 heavy (non-hydrogen) atoms. The van der Waals surface area contributed by atoms with E-state index in [2.05, 4.69) is 4.74 Å². The minimum absolute atomic E-state index is 0.00921. The fourth-order valence-electron chi connectivity index (χ4n) is 2.06. The van der Waals surface area contributed by atoms with Crippen LogP contribution in [0.3, 0.4) is 0 Å². The van der Waals surface area contributed by atoms with E-state index in [9.17, 15) is 9.59 Å². The summed E-state index contributed by atoms with van der Waals surface area (Å²) in [6, 6.07) is 0. The van der Waals surface area contributed by atoms with E-state index in [1.807, 2.05) is 0 Å². The normalized spacial score (nSPS) is 40.1. The average Bonchev–Trinajstić information content (AvgIpc) is 2.68. The molecule has 60 valence electrons. The third kappa shape index (κ3) is 0.682. The van der Waals surface area contributed by atoms with E-state index in [0.29, 0.717) is 12.8 Å². The maximum atomic E-state index is 11.1. The standard InChI is InChI=1S/C8H10O3/c1-11-7(10)8-3-2-6(9)5(8)4-8/h5H,2-4H2,1H3. The molecule has 3 heteroatoms. The molecule has 2 aliphatic rings. The van der Waals surface area contributed by atoms with Crippen LogP contribution in [0.15, 0.2) is 0 Å². The van der Waals surface area contributed by atoms with Gasteiger partial charge >= 0.3 is 5.97 Å². The lowest BCUT2D eigenvalue weighted by Gasteiger charge is -2.06. The zero-order chi connectivity index (χ0) is 8.06. The molecular weight excluding hydrogens is 144 g/mol. The molecule has 0 saturated heterocycles. The van der Waals surface area contributed by atoms with Crippen molar-refractivity contribution in [3.05, 3.63) is 0 Å². The number of hydrogen-bond donors (Lipinski definition) is 0. The molecular formula is C8H10O3. The minimum atomic E-state index is -0.369. The SMILES string of the molecule is COC(=O)C12CCC(=O)C1C2. The molecule has 3 nitrogen and oxygen atoms in total. The molecule has 0 aromatic rings. The van der Waals surface area contributed by atoms with Gasteiger partial charge in [-0.15, -0.1) is 0 Å². The van der Waals surface area contributed by atoms with E-state index in [1.54, 1.807) is 0 Å². The summed E-state index contributed by atoms with van der Waals surface area (Å²) in [6.45, 7) is 0. The number of fused-ring (bicyclic) bond motifs is 1. The predicted molar refractivity (Wildman–Crippen MR) is 36.8 cm³/mol. The molecule has 2 saturated carbocycles. The maximum absolute atomic E-state index is 11.1. The Balaban J connectivity index is 2.17. The molecule has 0 aromatic heterocycles. The van der Waals surface area contributed by atoms with Gasteiger partial charge in [-0.25, -0.2) is 0 Å². The van der Waals surface area contributed by atoms with Gasteiger partial charge in [-0.1, -0.05) is 0 Å². The highest BCUT2D eigenvalue weighted by molar-refractivity contribution is 5.98. The van der Waals surface area contributed by atoms with E-state index >= 15 is 0 Å². The summed E-state index contributed by atoms with van der Waals surface area (Å²) in [6.07, 6.45) is 2.02. The summed E-state index contributed by atoms with van der Waals surface area (Å²) in [4.78, 5) is 22.2. The Morgan fingerprint density at radius 3 is 2.82 bits per heavy atom.